The van der Waals surface area contributed by atoms with Crippen LogP contribution in [0.3, 0.4) is 0 Å². The van der Waals surface area contributed by atoms with E-state index in [0.717, 1.165) is 31.4 Å². The summed E-state index contributed by atoms with van der Waals surface area (Å²) >= 11 is 0. The van der Waals surface area contributed by atoms with Crippen LogP contribution in [0.15, 0.2) is 12.2 Å². The number of hydrogen-bond acceptors (Lipinski definition) is 4. The fourth-order valence-electron chi connectivity index (χ4n) is 2.37. The summed E-state index contributed by atoms with van der Waals surface area (Å²) in [6, 6.07) is 0. The van der Waals surface area contributed by atoms with Crippen LogP contribution in [0.4, 0.5) is 0 Å². The minimum Gasteiger partial charge on any atom is -0.463 e. The lowest BCUT2D eigenvalue weighted by Crippen LogP contribution is -2.05. The molecule has 0 saturated heterocycles. The van der Waals surface area contributed by atoms with Crippen molar-refractivity contribution in [2.75, 3.05) is 13.2 Å². The van der Waals surface area contributed by atoms with Gasteiger partial charge in [0.2, 0.25) is 0 Å². The third-order valence-electron chi connectivity index (χ3n) is 3.80. The molecule has 0 aromatic carbocycles. The molecular formula is C20H36O4. The van der Waals surface area contributed by atoms with Crippen molar-refractivity contribution in [2.45, 2.75) is 90.9 Å². The molecule has 0 atom stereocenters. The summed E-state index contributed by atoms with van der Waals surface area (Å²) in [5.74, 6) is -0.973. The van der Waals surface area contributed by atoms with Crippen LogP contribution in [0.1, 0.15) is 90.9 Å². The molecule has 0 amide bonds. The van der Waals surface area contributed by atoms with Crippen molar-refractivity contribution in [1.82, 2.24) is 0 Å². The molecule has 0 heterocycles. The van der Waals surface area contributed by atoms with Gasteiger partial charge >= 0.3 is 11.9 Å². The van der Waals surface area contributed by atoms with Crippen molar-refractivity contribution < 1.29 is 19.1 Å². The van der Waals surface area contributed by atoms with Crippen molar-refractivity contribution in [3.8, 4) is 0 Å². The zero-order valence-corrected chi connectivity index (χ0v) is 15.7. The first-order valence-electron chi connectivity index (χ1n) is 9.72. The van der Waals surface area contributed by atoms with Gasteiger partial charge in [-0.1, -0.05) is 78.1 Å². The summed E-state index contributed by atoms with van der Waals surface area (Å²) in [6.45, 7) is 4.95. The minimum absolute atomic E-state index is 0.372. The number of rotatable bonds is 16. The van der Waals surface area contributed by atoms with E-state index in [4.69, 9.17) is 9.47 Å². The van der Waals surface area contributed by atoms with Gasteiger partial charge in [-0.2, -0.15) is 0 Å². The SMILES string of the molecule is CCCCCCCCCCCCCOC(=O)/C=C/C(=O)OCCC. The highest BCUT2D eigenvalue weighted by Gasteiger charge is 2.00. The Hall–Kier alpha value is -1.32. The molecule has 0 N–H and O–H groups in total. The van der Waals surface area contributed by atoms with Crippen molar-refractivity contribution in [3.05, 3.63) is 12.2 Å². The highest BCUT2D eigenvalue weighted by molar-refractivity contribution is 5.91. The number of carbonyl (C=O) groups excluding carboxylic acids is 2. The van der Waals surface area contributed by atoms with Gasteiger partial charge in [0.25, 0.3) is 0 Å². The zero-order chi connectivity index (χ0) is 17.9. The molecule has 0 aliphatic carbocycles. The van der Waals surface area contributed by atoms with Crippen LogP contribution in [-0.4, -0.2) is 25.2 Å². The number of esters is 2. The third-order valence-corrected chi connectivity index (χ3v) is 3.80. The molecule has 0 aliphatic rings. The monoisotopic (exact) mass is 340 g/mol. The van der Waals surface area contributed by atoms with E-state index < -0.39 is 11.9 Å². The Bertz CT molecular complexity index is 337. The molecule has 0 unspecified atom stereocenters. The van der Waals surface area contributed by atoms with E-state index in [0.29, 0.717) is 13.2 Å². The Labute approximate surface area is 148 Å². The zero-order valence-electron chi connectivity index (χ0n) is 15.7. The first-order chi connectivity index (χ1) is 11.7. The smallest absolute Gasteiger partial charge is 0.331 e. The van der Waals surface area contributed by atoms with Crippen LogP contribution in [0.25, 0.3) is 0 Å². The second-order valence-electron chi connectivity index (χ2n) is 6.20. The molecule has 0 radical (unpaired) electrons. The van der Waals surface area contributed by atoms with Gasteiger partial charge in [-0.15, -0.1) is 0 Å². The van der Waals surface area contributed by atoms with Crippen molar-refractivity contribution in [3.63, 3.8) is 0 Å². The van der Waals surface area contributed by atoms with Crippen LogP contribution in [0.5, 0.6) is 0 Å². The Balaban J connectivity index is 3.33. The third kappa shape index (κ3) is 17.0. The van der Waals surface area contributed by atoms with E-state index in [9.17, 15) is 9.59 Å². The van der Waals surface area contributed by atoms with E-state index in [1.54, 1.807) is 0 Å². The number of hydrogen-bond donors (Lipinski definition) is 0. The van der Waals surface area contributed by atoms with Crippen LogP contribution in [0, 0.1) is 0 Å². The Morgan fingerprint density at radius 1 is 0.583 bits per heavy atom. The lowest BCUT2D eigenvalue weighted by Gasteiger charge is -2.03. The van der Waals surface area contributed by atoms with Gasteiger partial charge < -0.3 is 9.47 Å². The fraction of sp³-hybridized carbons (Fsp3) is 0.800. The quantitative estimate of drug-likeness (QED) is 0.216. The maximum Gasteiger partial charge on any atom is 0.331 e. The van der Waals surface area contributed by atoms with Crippen molar-refractivity contribution >= 4 is 11.9 Å². The maximum absolute atomic E-state index is 11.4. The maximum atomic E-state index is 11.4. The van der Waals surface area contributed by atoms with Crippen molar-refractivity contribution in [2.24, 2.45) is 0 Å². The normalized spacial score (nSPS) is 10.9. The average molecular weight is 341 g/mol. The van der Waals surface area contributed by atoms with Crippen LogP contribution in [-0.2, 0) is 19.1 Å². The first kappa shape index (κ1) is 22.7. The number of ether oxygens (including phenoxy) is 2. The summed E-state index contributed by atoms with van der Waals surface area (Å²) in [5.41, 5.74) is 0. The predicted molar refractivity (Wildman–Crippen MR) is 97.8 cm³/mol. The molecule has 4 heteroatoms. The molecule has 0 bridgehead atoms. The van der Waals surface area contributed by atoms with E-state index in [1.807, 2.05) is 6.92 Å². The Morgan fingerprint density at radius 3 is 1.46 bits per heavy atom. The van der Waals surface area contributed by atoms with Gasteiger partial charge in [-0.3, -0.25) is 0 Å². The summed E-state index contributed by atoms with van der Waals surface area (Å²) in [5, 5.41) is 0. The van der Waals surface area contributed by atoms with Crippen LogP contribution >= 0.6 is 0 Å². The molecule has 24 heavy (non-hydrogen) atoms. The van der Waals surface area contributed by atoms with E-state index >= 15 is 0 Å². The van der Waals surface area contributed by atoms with E-state index in [1.165, 1.54) is 57.8 Å². The first-order valence-corrected chi connectivity index (χ1v) is 9.72. The molecule has 0 aromatic rings. The molecule has 0 saturated carbocycles. The molecule has 0 aromatic heterocycles. The number of carbonyl (C=O) groups is 2. The summed E-state index contributed by atoms with van der Waals surface area (Å²) < 4.78 is 9.87. The van der Waals surface area contributed by atoms with Gasteiger partial charge in [0.1, 0.15) is 0 Å². The molecule has 0 fully saturated rings. The lowest BCUT2D eigenvalue weighted by atomic mass is 10.1. The standard InChI is InChI=1S/C20H36O4/c1-3-5-6-7-8-9-10-11-12-13-14-18-24-20(22)16-15-19(21)23-17-4-2/h15-16H,3-14,17-18H2,1-2H3/b16-15+. The molecular weight excluding hydrogens is 304 g/mol. The molecule has 0 aliphatic heterocycles. The van der Waals surface area contributed by atoms with Gasteiger partial charge in [0, 0.05) is 12.2 Å². The topological polar surface area (TPSA) is 52.6 Å². The van der Waals surface area contributed by atoms with Crippen molar-refractivity contribution in [1.29, 1.82) is 0 Å². The highest BCUT2D eigenvalue weighted by atomic mass is 16.5. The second-order valence-corrected chi connectivity index (χ2v) is 6.20. The largest absolute Gasteiger partial charge is 0.463 e. The van der Waals surface area contributed by atoms with Crippen LogP contribution < -0.4 is 0 Å². The van der Waals surface area contributed by atoms with Gasteiger partial charge in [-0.25, -0.2) is 9.59 Å². The minimum atomic E-state index is -0.497. The predicted octanol–water partition coefficient (Wildman–Crippen LogP) is 5.35. The highest BCUT2D eigenvalue weighted by Crippen LogP contribution is 2.11. The van der Waals surface area contributed by atoms with Crippen LogP contribution in [0.2, 0.25) is 0 Å². The molecule has 4 nitrogen and oxygen atoms in total. The lowest BCUT2D eigenvalue weighted by molar-refractivity contribution is -0.140. The van der Waals surface area contributed by atoms with Gasteiger partial charge in [-0.05, 0) is 12.8 Å². The van der Waals surface area contributed by atoms with Gasteiger partial charge in [0.15, 0.2) is 0 Å². The van der Waals surface area contributed by atoms with Gasteiger partial charge in [0.05, 0.1) is 13.2 Å². The summed E-state index contributed by atoms with van der Waals surface area (Å²) in [6.07, 6.45) is 16.9. The van der Waals surface area contributed by atoms with E-state index in [-0.39, 0.29) is 0 Å². The fourth-order valence-corrected chi connectivity index (χ4v) is 2.37. The average Bonchev–Trinajstić information content (AvgIpc) is 2.59. The summed E-state index contributed by atoms with van der Waals surface area (Å²) in [4.78, 5) is 22.6. The summed E-state index contributed by atoms with van der Waals surface area (Å²) in [7, 11) is 0. The molecule has 140 valence electrons. The Morgan fingerprint density at radius 2 is 1.00 bits per heavy atom. The molecule has 0 rings (SSSR count). The number of unbranched alkanes of at least 4 members (excludes halogenated alkanes) is 10. The Kier molecular flexibility index (Phi) is 17.0. The van der Waals surface area contributed by atoms with E-state index in [2.05, 4.69) is 6.92 Å². The second kappa shape index (κ2) is 18.0. The molecule has 0 spiro atoms.